The van der Waals surface area contributed by atoms with Crippen LogP contribution < -0.4 is 5.32 Å². The minimum atomic E-state index is -0.946. The van der Waals surface area contributed by atoms with Gasteiger partial charge >= 0.3 is 5.97 Å². The van der Waals surface area contributed by atoms with E-state index in [1.807, 2.05) is 12.2 Å². The molecule has 3 atom stereocenters. The van der Waals surface area contributed by atoms with Gasteiger partial charge in [0.1, 0.15) is 11.1 Å². The molecule has 0 radical (unpaired) electrons. The van der Waals surface area contributed by atoms with Gasteiger partial charge in [-0.3, -0.25) is 9.59 Å². The van der Waals surface area contributed by atoms with Gasteiger partial charge in [0, 0.05) is 4.88 Å². The summed E-state index contributed by atoms with van der Waals surface area (Å²) >= 11 is 1.49. The molecule has 6 heteroatoms. The van der Waals surface area contributed by atoms with Crippen molar-refractivity contribution in [3.05, 3.63) is 28.2 Å². The predicted octanol–water partition coefficient (Wildman–Crippen LogP) is 4.38. The molecular formula is C21H26N2O3S. The molecule has 2 N–H and O–H groups in total. The number of carboxylic acid groups (broad SMARTS) is 1. The van der Waals surface area contributed by atoms with E-state index in [1.165, 1.54) is 16.2 Å². The Kier molecular flexibility index (Phi) is 5.43. The minimum Gasteiger partial charge on any atom is -0.481 e. The number of thiophene rings is 1. The van der Waals surface area contributed by atoms with Crippen molar-refractivity contribution in [3.63, 3.8) is 0 Å². The van der Waals surface area contributed by atoms with Crippen molar-refractivity contribution in [2.45, 2.75) is 52.9 Å². The second-order valence-corrected chi connectivity index (χ2v) is 9.71. The van der Waals surface area contributed by atoms with E-state index in [9.17, 15) is 20.0 Å². The number of hydrogen-bond acceptors (Lipinski definition) is 4. The Hall–Kier alpha value is -2.13. The highest BCUT2D eigenvalue weighted by Crippen LogP contribution is 2.44. The van der Waals surface area contributed by atoms with Crippen molar-refractivity contribution < 1.29 is 14.7 Å². The quantitative estimate of drug-likeness (QED) is 0.755. The summed E-state index contributed by atoms with van der Waals surface area (Å²) in [4.78, 5) is 25.4. The minimum absolute atomic E-state index is 0.209. The van der Waals surface area contributed by atoms with Gasteiger partial charge in [0.15, 0.2) is 0 Å². The standard InChI is InChI=1S/C21H26N2O3S/c1-21(2,3)12-8-9-13-16(11-22)19(27-17(13)10-12)23-18(24)14-6-4-5-7-15(14)20(25)26/h4-5,12,14-15H,6-10H2,1-3H3,(H,23,24)(H,25,26)/t12-,14-,15-/m0/s1. The first kappa shape index (κ1) is 19.6. The molecule has 2 aliphatic carbocycles. The van der Waals surface area contributed by atoms with E-state index in [0.29, 0.717) is 29.3 Å². The fourth-order valence-electron chi connectivity index (χ4n) is 4.11. The summed E-state index contributed by atoms with van der Waals surface area (Å²) in [6.45, 7) is 6.73. The van der Waals surface area contributed by atoms with Gasteiger partial charge in [0.2, 0.25) is 5.91 Å². The molecule has 1 aromatic rings. The first-order valence-corrected chi connectivity index (χ1v) is 10.3. The van der Waals surface area contributed by atoms with Crippen molar-refractivity contribution >= 4 is 28.2 Å². The lowest BCUT2D eigenvalue weighted by Gasteiger charge is -2.33. The molecule has 1 aromatic heterocycles. The van der Waals surface area contributed by atoms with Crippen LogP contribution in [0.2, 0.25) is 0 Å². The highest BCUT2D eigenvalue weighted by Gasteiger charge is 2.36. The van der Waals surface area contributed by atoms with Crippen molar-refractivity contribution in [1.29, 1.82) is 5.26 Å². The zero-order chi connectivity index (χ0) is 19.8. The molecule has 0 aliphatic heterocycles. The van der Waals surface area contributed by atoms with Crippen LogP contribution in [0.5, 0.6) is 0 Å². The van der Waals surface area contributed by atoms with Crippen LogP contribution in [0.25, 0.3) is 0 Å². The van der Waals surface area contributed by atoms with Crippen LogP contribution >= 0.6 is 11.3 Å². The smallest absolute Gasteiger partial charge is 0.307 e. The third kappa shape index (κ3) is 3.93. The zero-order valence-corrected chi connectivity index (χ0v) is 16.9. The molecule has 0 saturated carbocycles. The van der Waals surface area contributed by atoms with Crippen LogP contribution in [-0.4, -0.2) is 17.0 Å². The summed E-state index contributed by atoms with van der Waals surface area (Å²) in [6.07, 6.45) is 7.30. The number of allylic oxidation sites excluding steroid dienone is 2. The molecule has 144 valence electrons. The van der Waals surface area contributed by atoms with Gasteiger partial charge in [-0.25, -0.2) is 0 Å². The van der Waals surface area contributed by atoms with Gasteiger partial charge in [0.25, 0.3) is 0 Å². The number of nitrogens with one attached hydrogen (secondary N) is 1. The van der Waals surface area contributed by atoms with Gasteiger partial charge < -0.3 is 10.4 Å². The molecule has 3 rings (SSSR count). The number of nitriles is 1. The lowest BCUT2D eigenvalue weighted by Crippen LogP contribution is -2.34. The maximum Gasteiger partial charge on any atom is 0.307 e. The molecular weight excluding hydrogens is 360 g/mol. The molecule has 0 saturated heterocycles. The van der Waals surface area contributed by atoms with Crippen molar-refractivity contribution in [3.8, 4) is 6.07 Å². The highest BCUT2D eigenvalue weighted by atomic mass is 32.1. The number of carbonyl (C=O) groups excluding carboxylic acids is 1. The van der Waals surface area contributed by atoms with E-state index in [2.05, 4.69) is 32.2 Å². The average molecular weight is 387 g/mol. The normalized spacial score (nSPS) is 24.7. The number of aliphatic carboxylic acids is 1. The predicted molar refractivity (Wildman–Crippen MR) is 106 cm³/mol. The third-order valence-corrected chi connectivity index (χ3v) is 7.09. The first-order chi connectivity index (χ1) is 12.7. The van der Waals surface area contributed by atoms with E-state index < -0.39 is 17.8 Å². The molecule has 1 heterocycles. The van der Waals surface area contributed by atoms with Gasteiger partial charge in [-0.05, 0) is 49.0 Å². The van der Waals surface area contributed by atoms with E-state index >= 15 is 0 Å². The van der Waals surface area contributed by atoms with Crippen molar-refractivity contribution in [1.82, 2.24) is 0 Å². The number of carbonyl (C=O) groups is 2. The number of rotatable bonds is 3. The Morgan fingerprint density at radius 1 is 1.26 bits per heavy atom. The number of carboxylic acids is 1. The average Bonchev–Trinajstić information content (AvgIpc) is 2.96. The van der Waals surface area contributed by atoms with Crippen LogP contribution in [0, 0.1) is 34.5 Å². The van der Waals surface area contributed by atoms with E-state index in [-0.39, 0.29) is 11.3 Å². The summed E-state index contributed by atoms with van der Waals surface area (Å²) in [6, 6.07) is 2.26. The van der Waals surface area contributed by atoms with Gasteiger partial charge in [-0.1, -0.05) is 32.9 Å². The fourth-order valence-corrected chi connectivity index (χ4v) is 5.39. The van der Waals surface area contributed by atoms with E-state index in [4.69, 9.17) is 0 Å². The summed E-state index contributed by atoms with van der Waals surface area (Å²) < 4.78 is 0. The number of nitrogens with zero attached hydrogens (tertiary/aromatic N) is 1. The number of amides is 1. The molecule has 0 aromatic carbocycles. The maximum absolute atomic E-state index is 12.8. The first-order valence-electron chi connectivity index (χ1n) is 9.45. The van der Waals surface area contributed by atoms with Crippen molar-refractivity contribution in [2.75, 3.05) is 5.32 Å². The van der Waals surface area contributed by atoms with Crippen LogP contribution in [0.3, 0.4) is 0 Å². The Labute approximate surface area is 164 Å². The Bertz CT molecular complexity index is 826. The summed E-state index contributed by atoms with van der Waals surface area (Å²) in [7, 11) is 0. The van der Waals surface area contributed by atoms with Gasteiger partial charge in [-0.15, -0.1) is 11.3 Å². The lowest BCUT2D eigenvalue weighted by molar-refractivity contribution is -0.146. The van der Waals surface area contributed by atoms with Crippen LogP contribution in [0.1, 0.15) is 56.0 Å². The Morgan fingerprint density at radius 3 is 2.52 bits per heavy atom. The topological polar surface area (TPSA) is 90.2 Å². The Morgan fingerprint density at radius 2 is 1.93 bits per heavy atom. The second kappa shape index (κ2) is 7.47. The SMILES string of the molecule is CC(C)(C)[C@H]1CCc2c(sc(NC(=O)[C@H]3CC=CC[C@@H]3C(=O)O)c2C#N)C1. The number of fused-ring (bicyclic) bond motifs is 1. The second-order valence-electron chi connectivity index (χ2n) is 8.61. The molecule has 1 amide bonds. The highest BCUT2D eigenvalue weighted by molar-refractivity contribution is 7.16. The molecule has 0 unspecified atom stereocenters. The summed E-state index contributed by atoms with van der Waals surface area (Å²) in [5, 5.41) is 22.5. The zero-order valence-electron chi connectivity index (χ0n) is 16.0. The van der Waals surface area contributed by atoms with Gasteiger partial charge in [0.05, 0.1) is 17.4 Å². The number of anilines is 1. The van der Waals surface area contributed by atoms with Crippen molar-refractivity contribution in [2.24, 2.45) is 23.2 Å². The summed E-state index contributed by atoms with van der Waals surface area (Å²) in [5.74, 6) is -1.99. The van der Waals surface area contributed by atoms with Crippen LogP contribution in [-0.2, 0) is 22.4 Å². The molecule has 5 nitrogen and oxygen atoms in total. The third-order valence-electron chi connectivity index (χ3n) is 5.92. The van der Waals surface area contributed by atoms with Crippen LogP contribution in [0.4, 0.5) is 5.00 Å². The molecule has 2 aliphatic rings. The van der Waals surface area contributed by atoms with Gasteiger partial charge in [-0.2, -0.15) is 5.26 Å². The fraction of sp³-hybridized carbons (Fsp3) is 0.571. The Balaban J connectivity index is 1.83. The molecule has 27 heavy (non-hydrogen) atoms. The van der Waals surface area contributed by atoms with E-state index in [0.717, 1.165) is 24.8 Å². The summed E-state index contributed by atoms with van der Waals surface area (Å²) in [5.41, 5.74) is 1.84. The monoisotopic (exact) mass is 386 g/mol. The molecule has 0 fully saturated rings. The maximum atomic E-state index is 12.8. The van der Waals surface area contributed by atoms with E-state index in [1.54, 1.807) is 0 Å². The molecule has 0 spiro atoms. The lowest BCUT2D eigenvalue weighted by atomic mass is 9.72. The number of hydrogen-bond donors (Lipinski definition) is 2. The van der Waals surface area contributed by atoms with Crippen LogP contribution in [0.15, 0.2) is 12.2 Å². The molecule has 0 bridgehead atoms. The largest absolute Gasteiger partial charge is 0.481 e.